The van der Waals surface area contributed by atoms with Crippen LogP contribution < -0.4 is 0 Å². The molecule has 3 aromatic rings. The highest BCUT2D eigenvalue weighted by molar-refractivity contribution is 9.10. The van der Waals surface area contributed by atoms with Crippen LogP contribution in [-0.4, -0.2) is 37.4 Å². The van der Waals surface area contributed by atoms with Gasteiger partial charge in [-0.15, -0.1) is 0 Å². The molecule has 1 fully saturated rings. The lowest BCUT2D eigenvalue weighted by atomic mass is 9.95. The Morgan fingerprint density at radius 1 is 1.11 bits per heavy atom. The molecule has 0 spiro atoms. The predicted octanol–water partition coefficient (Wildman–Crippen LogP) is 5.18. The van der Waals surface area contributed by atoms with Gasteiger partial charge in [-0.05, 0) is 79.4 Å². The number of likely N-dealkylation sites (N-methyl/N-ethyl adjacent to an activating group) is 1. The fourth-order valence-electron chi connectivity index (χ4n) is 4.03. The lowest BCUT2D eigenvalue weighted by Crippen LogP contribution is -2.13. The molecule has 2 heterocycles. The van der Waals surface area contributed by atoms with Gasteiger partial charge in [-0.1, -0.05) is 35.8 Å². The van der Waals surface area contributed by atoms with E-state index in [0.717, 1.165) is 40.4 Å². The minimum atomic E-state index is -3.66. The summed E-state index contributed by atoms with van der Waals surface area (Å²) in [6, 6.07) is 13.0. The number of likely N-dealkylation sites (tertiary alicyclic amines) is 1. The van der Waals surface area contributed by atoms with Gasteiger partial charge in [-0.25, -0.2) is 12.4 Å². The molecule has 4 rings (SSSR count). The summed E-state index contributed by atoms with van der Waals surface area (Å²) < 4.78 is 29.2. The number of halogens is 1. The lowest BCUT2D eigenvalue weighted by Gasteiger charge is -2.11. The normalized spacial score (nSPS) is 18.4. The molecule has 1 atom stereocenters. The molecule has 4 nitrogen and oxygen atoms in total. The van der Waals surface area contributed by atoms with Crippen molar-refractivity contribution >= 4 is 36.9 Å². The SMILES string of the molecule is CC(C)c1ccc2c(c1)c([C@H]1CCN(C)C1)cn2S(=O)(=O)c1ccc(Br)cc1. The number of hydrogen-bond donors (Lipinski definition) is 0. The molecule has 6 heteroatoms. The van der Waals surface area contributed by atoms with Gasteiger partial charge in [0, 0.05) is 22.6 Å². The van der Waals surface area contributed by atoms with E-state index in [1.807, 2.05) is 18.3 Å². The summed E-state index contributed by atoms with van der Waals surface area (Å²) in [5.41, 5.74) is 3.14. The Hall–Kier alpha value is -1.63. The third kappa shape index (κ3) is 3.42. The summed E-state index contributed by atoms with van der Waals surface area (Å²) >= 11 is 3.38. The van der Waals surface area contributed by atoms with E-state index in [9.17, 15) is 8.42 Å². The van der Waals surface area contributed by atoms with Gasteiger partial charge in [-0.3, -0.25) is 0 Å². The second-order valence-electron chi connectivity index (χ2n) is 8.02. The number of hydrogen-bond acceptors (Lipinski definition) is 3. The lowest BCUT2D eigenvalue weighted by molar-refractivity contribution is 0.412. The third-order valence-corrected chi connectivity index (χ3v) is 7.91. The Morgan fingerprint density at radius 3 is 2.43 bits per heavy atom. The Balaban J connectivity index is 1.92. The van der Waals surface area contributed by atoms with Gasteiger partial charge in [-0.2, -0.15) is 0 Å². The quantitative estimate of drug-likeness (QED) is 0.538. The van der Waals surface area contributed by atoms with Gasteiger partial charge in [0.2, 0.25) is 0 Å². The fourth-order valence-corrected chi connectivity index (χ4v) is 5.68. The van der Waals surface area contributed by atoms with E-state index in [0.29, 0.717) is 16.7 Å². The molecule has 0 bridgehead atoms. The molecule has 0 amide bonds. The minimum Gasteiger partial charge on any atom is -0.306 e. The standard InChI is InChI=1S/C22H25BrN2O2S/c1-15(2)16-4-9-22-20(12-16)21(17-10-11-24(3)13-17)14-25(22)28(26,27)19-7-5-18(23)6-8-19/h4-9,12,14-15,17H,10-11,13H2,1-3H3/t17-/m0/s1. The molecule has 0 N–H and O–H groups in total. The first-order valence-electron chi connectivity index (χ1n) is 9.62. The number of benzene rings is 2. The fraction of sp³-hybridized carbons (Fsp3) is 0.364. The summed E-state index contributed by atoms with van der Waals surface area (Å²) in [5, 5.41) is 1.06. The largest absolute Gasteiger partial charge is 0.306 e. The van der Waals surface area contributed by atoms with E-state index in [1.54, 1.807) is 24.3 Å². The van der Waals surface area contributed by atoms with Crippen LogP contribution >= 0.6 is 15.9 Å². The van der Waals surface area contributed by atoms with E-state index in [-0.39, 0.29) is 0 Å². The maximum absolute atomic E-state index is 13.4. The first-order chi connectivity index (χ1) is 13.3. The van der Waals surface area contributed by atoms with Gasteiger partial charge in [0.15, 0.2) is 0 Å². The van der Waals surface area contributed by atoms with Gasteiger partial charge >= 0.3 is 0 Å². The Labute approximate surface area is 175 Å². The van der Waals surface area contributed by atoms with Crippen molar-refractivity contribution < 1.29 is 8.42 Å². The molecule has 0 unspecified atom stereocenters. The molecule has 1 aliphatic heterocycles. The zero-order valence-electron chi connectivity index (χ0n) is 16.4. The van der Waals surface area contributed by atoms with Crippen LogP contribution in [0, 0.1) is 0 Å². The summed E-state index contributed by atoms with van der Waals surface area (Å²) in [6.07, 6.45) is 2.91. The second kappa shape index (κ2) is 7.32. The van der Waals surface area contributed by atoms with E-state index in [2.05, 4.69) is 47.8 Å². The van der Waals surface area contributed by atoms with Gasteiger partial charge in [0.1, 0.15) is 0 Å². The van der Waals surface area contributed by atoms with Crippen molar-refractivity contribution in [1.29, 1.82) is 0 Å². The number of rotatable bonds is 4. The van der Waals surface area contributed by atoms with E-state index in [1.165, 1.54) is 9.54 Å². The molecular formula is C22H25BrN2O2S. The van der Waals surface area contributed by atoms with Crippen molar-refractivity contribution in [2.45, 2.75) is 37.0 Å². The van der Waals surface area contributed by atoms with Gasteiger partial charge < -0.3 is 4.90 Å². The highest BCUT2D eigenvalue weighted by Gasteiger charge is 2.28. The van der Waals surface area contributed by atoms with E-state index < -0.39 is 10.0 Å². The smallest absolute Gasteiger partial charge is 0.268 e. The molecule has 28 heavy (non-hydrogen) atoms. The van der Waals surface area contributed by atoms with Crippen LogP contribution in [0.1, 0.15) is 43.2 Å². The van der Waals surface area contributed by atoms with Crippen LogP contribution in [0.25, 0.3) is 10.9 Å². The molecule has 148 valence electrons. The predicted molar refractivity (Wildman–Crippen MR) is 118 cm³/mol. The highest BCUT2D eigenvalue weighted by atomic mass is 79.9. The van der Waals surface area contributed by atoms with Crippen molar-refractivity contribution in [3.05, 3.63) is 64.3 Å². The van der Waals surface area contributed by atoms with Crippen LogP contribution in [0.5, 0.6) is 0 Å². The van der Waals surface area contributed by atoms with Crippen LogP contribution in [0.3, 0.4) is 0 Å². The van der Waals surface area contributed by atoms with Crippen molar-refractivity contribution in [3.8, 4) is 0 Å². The molecule has 0 saturated carbocycles. The zero-order chi connectivity index (χ0) is 20.1. The van der Waals surface area contributed by atoms with Crippen molar-refractivity contribution in [3.63, 3.8) is 0 Å². The topological polar surface area (TPSA) is 42.3 Å². The molecule has 1 aromatic heterocycles. The van der Waals surface area contributed by atoms with Crippen LogP contribution in [0.15, 0.2) is 58.0 Å². The van der Waals surface area contributed by atoms with Gasteiger partial charge in [0.05, 0.1) is 10.4 Å². The van der Waals surface area contributed by atoms with Gasteiger partial charge in [0.25, 0.3) is 10.0 Å². The number of fused-ring (bicyclic) bond motifs is 1. The third-order valence-electron chi connectivity index (χ3n) is 5.69. The van der Waals surface area contributed by atoms with Crippen LogP contribution in [0.4, 0.5) is 0 Å². The average molecular weight is 461 g/mol. The molecular weight excluding hydrogens is 436 g/mol. The molecule has 1 saturated heterocycles. The zero-order valence-corrected chi connectivity index (χ0v) is 18.8. The first-order valence-corrected chi connectivity index (χ1v) is 11.9. The molecule has 2 aromatic carbocycles. The van der Waals surface area contributed by atoms with Crippen molar-refractivity contribution in [1.82, 2.24) is 8.87 Å². The van der Waals surface area contributed by atoms with Crippen molar-refractivity contribution in [2.75, 3.05) is 20.1 Å². The Bertz CT molecular complexity index is 1120. The highest BCUT2D eigenvalue weighted by Crippen LogP contribution is 2.36. The van der Waals surface area contributed by atoms with Crippen LogP contribution in [-0.2, 0) is 10.0 Å². The summed E-state index contributed by atoms with van der Waals surface area (Å²) in [7, 11) is -1.53. The number of aromatic nitrogens is 1. The molecule has 0 radical (unpaired) electrons. The molecule has 1 aliphatic rings. The Kier molecular flexibility index (Phi) is 5.14. The molecule has 0 aliphatic carbocycles. The Morgan fingerprint density at radius 2 is 1.82 bits per heavy atom. The summed E-state index contributed by atoms with van der Waals surface area (Å²) in [6.45, 7) is 6.34. The second-order valence-corrected chi connectivity index (χ2v) is 10.7. The average Bonchev–Trinajstić information content (AvgIpc) is 3.25. The van der Waals surface area contributed by atoms with Crippen molar-refractivity contribution in [2.24, 2.45) is 0 Å². The number of nitrogens with zero attached hydrogens (tertiary/aromatic N) is 2. The summed E-state index contributed by atoms with van der Waals surface area (Å²) in [4.78, 5) is 2.61. The van der Waals surface area contributed by atoms with E-state index >= 15 is 0 Å². The monoisotopic (exact) mass is 460 g/mol. The summed E-state index contributed by atoms with van der Waals surface area (Å²) in [5.74, 6) is 0.756. The maximum atomic E-state index is 13.4. The first kappa shape index (κ1) is 19.7. The van der Waals surface area contributed by atoms with E-state index in [4.69, 9.17) is 0 Å². The van der Waals surface area contributed by atoms with Crippen LogP contribution in [0.2, 0.25) is 0 Å². The maximum Gasteiger partial charge on any atom is 0.268 e. The minimum absolute atomic E-state index is 0.302.